The maximum absolute atomic E-state index is 12.6. The van der Waals surface area contributed by atoms with E-state index in [1.165, 1.54) is 0 Å². The number of nitrogens with one attached hydrogen (secondary N) is 2. The number of carbonyl (C=O) groups is 1. The zero-order valence-corrected chi connectivity index (χ0v) is 16.7. The van der Waals surface area contributed by atoms with Crippen LogP contribution >= 0.6 is 0 Å². The maximum Gasteiger partial charge on any atom is 0.251 e. The molecule has 2 atom stereocenters. The summed E-state index contributed by atoms with van der Waals surface area (Å²) in [6.07, 6.45) is 5.60. The highest BCUT2D eigenvalue weighted by Crippen LogP contribution is 2.38. The van der Waals surface area contributed by atoms with Gasteiger partial charge in [-0.15, -0.1) is 0 Å². The number of pyridine rings is 1. The summed E-state index contributed by atoms with van der Waals surface area (Å²) < 4.78 is 5.56. The van der Waals surface area contributed by atoms with Crippen LogP contribution in [0.2, 0.25) is 0 Å². The van der Waals surface area contributed by atoms with Gasteiger partial charge in [0.15, 0.2) is 0 Å². The molecule has 1 heterocycles. The van der Waals surface area contributed by atoms with Gasteiger partial charge >= 0.3 is 0 Å². The van der Waals surface area contributed by atoms with E-state index in [9.17, 15) is 9.59 Å². The number of benzene rings is 1. The van der Waals surface area contributed by atoms with Crippen molar-refractivity contribution in [1.29, 1.82) is 0 Å². The van der Waals surface area contributed by atoms with Crippen LogP contribution in [-0.2, 0) is 4.79 Å². The van der Waals surface area contributed by atoms with E-state index in [0.29, 0.717) is 12.5 Å². The molecule has 2 N–H and O–H groups in total. The monoisotopic (exact) mass is 382 g/mol. The van der Waals surface area contributed by atoms with Gasteiger partial charge in [-0.2, -0.15) is 0 Å². The van der Waals surface area contributed by atoms with E-state index in [1.54, 1.807) is 0 Å². The molecule has 1 fully saturated rings. The number of hydrogen-bond donors (Lipinski definition) is 2. The van der Waals surface area contributed by atoms with Crippen molar-refractivity contribution in [2.24, 2.45) is 0 Å². The van der Waals surface area contributed by atoms with Crippen molar-refractivity contribution in [1.82, 2.24) is 10.3 Å². The summed E-state index contributed by atoms with van der Waals surface area (Å²) in [5, 5.41) is 2.94. The van der Waals surface area contributed by atoms with Gasteiger partial charge in [-0.25, -0.2) is 0 Å². The lowest BCUT2D eigenvalue weighted by atomic mass is 9.87. The molecule has 28 heavy (non-hydrogen) atoms. The number of aromatic amines is 1. The Bertz CT molecular complexity index is 824. The number of amides is 1. The van der Waals surface area contributed by atoms with E-state index in [4.69, 9.17) is 4.74 Å². The molecular weight excluding hydrogens is 352 g/mol. The second-order valence-corrected chi connectivity index (χ2v) is 7.53. The van der Waals surface area contributed by atoms with Crippen molar-refractivity contribution in [3.8, 4) is 5.75 Å². The molecule has 1 unspecified atom stereocenters. The van der Waals surface area contributed by atoms with Gasteiger partial charge in [-0.1, -0.05) is 31.5 Å². The average molecular weight is 383 g/mol. The third-order valence-corrected chi connectivity index (χ3v) is 5.41. The first-order valence-corrected chi connectivity index (χ1v) is 10.3. The highest BCUT2D eigenvalue weighted by Gasteiger charge is 2.27. The Morgan fingerprint density at radius 3 is 2.50 bits per heavy atom. The largest absolute Gasteiger partial charge is 0.494 e. The van der Waals surface area contributed by atoms with E-state index in [-0.39, 0.29) is 17.5 Å². The van der Waals surface area contributed by atoms with E-state index >= 15 is 0 Å². The van der Waals surface area contributed by atoms with Gasteiger partial charge in [0.2, 0.25) is 6.41 Å². The molecule has 1 saturated carbocycles. The van der Waals surface area contributed by atoms with Crippen molar-refractivity contribution in [3.05, 3.63) is 63.6 Å². The van der Waals surface area contributed by atoms with Crippen LogP contribution in [0.15, 0.2) is 41.2 Å². The van der Waals surface area contributed by atoms with Gasteiger partial charge in [0.05, 0.1) is 6.61 Å². The van der Waals surface area contributed by atoms with Crippen molar-refractivity contribution in [2.45, 2.75) is 63.8 Å². The average Bonchev–Trinajstić information content (AvgIpc) is 3.52. The smallest absolute Gasteiger partial charge is 0.251 e. The first-order valence-electron chi connectivity index (χ1n) is 10.3. The molecule has 5 heteroatoms. The number of carbonyl (C=O) groups excluding carboxylic acids is 1. The molecule has 5 nitrogen and oxygen atoms in total. The topological polar surface area (TPSA) is 71.2 Å². The third kappa shape index (κ3) is 5.03. The Hall–Kier alpha value is -2.56. The van der Waals surface area contributed by atoms with Gasteiger partial charge in [0.25, 0.3) is 5.56 Å². The molecule has 0 spiro atoms. The fourth-order valence-corrected chi connectivity index (χ4v) is 3.82. The Balaban J connectivity index is 1.92. The van der Waals surface area contributed by atoms with Gasteiger partial charge in [0.1, 0.15) is 5.75 Å². The molecule has 2 aromatic rings. The second kappa shape index (κ2) is 9.58. The molecule has 0 radical (unpaired) electrons. The summed E-state index contributed by atoms with van der Waals surface area (Å²) in [6, 6.07) is 12.1. The van der Waals surface area contributed by atoms with E-state index in [1.807, 2.05) is 43.3 Å². The first-order chi connectivity index (χ1) is 13.7. The van der Waals surface area contributed by atoms with E-state index < -0.39 is 0 Å². The molecule has 0 saturated heterocycles. The number of rotatable bonds is 11. The van der Waals surface area contributed by atoms with E-state index in [0.717, 1.165) is 61.1 Å². The minimum atomic E-state index is 0.000583. The highest BCUT2D eigenvalue weighted by atomic mass is 16.5. The molecule has 1 aliphatic carbocycles. The molecule has 1 aromatic carbocycles. The summed E-state index contributed by atoms with van der Waals surface area (Å²) in [6.45, 7) is 4.70. The standard InChI is InChI=1S/C23H30N2O3/c1-3-5-18(24-15-26)14-21(17-8-10-19(11-9-17)28-4-2)22-13-12-20(16-6-7-16)23(27)25-22/h8-13,15-16,18,21H,3-7,14H2,1-2H3,(H,24,26)(H,25,27)/t18-,21?/m1/s1. The Kier molecular flexibility index (Phi) is 6.90. The molecule has 150 valence electrons. The van der Waals surface area contributed by atoms with Crippen molar-refractivity contribution >= 4 is 6.41 Å². The van der Waals surface area contributed by atoms with Crippen LogP contribution in [0.3, 0.4) is 0 Å². The summed E-state index contributed by atoms with van der Waals surface area (Å²) in [5.74, 6) is 1.26. The van der Waals surface area contributed by atoms with Crippen LogP contribution in [0.25, 0.3) is 0 Å². The Morgan fingerprint density at radius 2 is 1.93 bits per heavy atom. The maximum atomic E-state index is 12.6. The summed E-state index contributed by atoms with van der Waals surface area (Å²) in [7, 11) is 0. The van der Waals surface area contributed by atoms with Crippen LogP contribution in [0.5, 0.6) is 5.75 Å². The number of hydrogen-bond acceptors (Lipinski definition) is 3. The molecule has 1 aromatic heterocycles. The highest BCUT2D eigenvalue weighted by molar-refractivity contribution is 5.47. The lowest BCUT2D eigenvalue weighted by Gasteiger charge is -2.24. The van der Waals surface area contributed by atoms with Crippen molar-refractivity contribution < 1.29 is 9.53 Å². The normalized spacial score (nSPS) is 15.6. The fraction of sp³-hybridized carbons (Fsp3) is 0.478. The number of aromatic nitrogens is 1. The lowest BCUT2D eigenvalue weighted by molar-refractivity contribution is -0.110. The summed E-state index contributed by atoms with van der Waals surface area (Å²) >= 11 is 0. The predicted molar refractivity (Wildman–Crippen MR) is 111 cm³/mol. The Labute approximate surface area is 166 Å². The molecule has 0 bridgehead atoms. The van der Waals surface area contributed by atoms with Crippen molar-refractivity contribution in [2.75, 3.05) is 6.61 Å². The zero-order chi connectivity index (χ0) is 19.9. The summed E-state index contributed by atoms with van der Waals surface area (Å²) in [4.78, 5) is 26.8. The lowest BCUT2D eigenvalue weighted by Crippen LogP contribution is -2.30. The first kappa shape index (κ1) is 20.2. The van der Waals surface area contributed by atoms with Gasteiger partial charge in [-0.3, -0.25) is 9.59 Å². The third-order valence-electron chi connectivity index (χ3n) is 5.41. The van der Waals surface area contributed by atoms with Gasteiger partial charge in [-0.05, 0) is 62.3 Å². The minimum absolute atomic E-state index is 0.000583. The molecule has 1 aliphatic rings. The van der Waals surface area contributed by atoms with Crippen LogP contribution < -0.4 is 15.6 Å². The fourth-order valence-electron chi connectivity index (χ4n) is 3.82. The Morgan fingerprint density at radius 1 is 1.18 bits per heavy atom. The van der Waals surface area contributed by atoms with Gasteiger partial charge in [0, 0.05) is 23.2 Å². The molecule has 0 aliphatic heterocycles. The van der Waals surface area contributed by atoms with Crippen molar-refractivity contribution in [3.63, 3.8) is 0 Å². The van der Waals surface area contributed by atoms with Gasteiger partial charge < -0.3 is 15.0 Å². The van der Waals surface area contributed by atoms with Crippen LogP contribution in [-0.4, -0.2) is 24.0 Å². The SMILES string of the molecule is CCC[C@H](CC(c1ccc(OCC)cc1)c1ccc(C2CC2)c(=O)[nH]1)NC=O. The predicted octanol–water partition coefficient (Wildman–Crippen LogP) is 4.09. The van der Waals surface area contributed by atoms with Crippen LogP contribution in [0.1, 0.15) is 74.6 Å². The minimum Gasteiger partial charge on any atom is -0.494 e. The molecular formula is C23H30N2O3. The zero-order valence-electron chi connectivity index (χ0n) is 16.7. The van der Waals surface area contributed by atoms with Crippen LogP contribution in [0.4, 0.5) is 0 Å². The number of ether oxygens (including phenoxy) is 1. The molecule has 3 rings (SSSR count). The summed E-state index contributed by atoms with van der Waals surface area (Å²) in [5.41, 5.74) is 2.91. The molecule has 1 amide bonds. The second-order valence-electron chi connectivity index (χ2n) is 7.53. The number of H-pyrrole nitrogens is 1. The van der Waals surface area contributed by atoms with E-state index in [2.05, 4.69) is 17.2 Å². The quantitative estimate of drug-likeness (QED) is 0.575. The van der Waals surface area contributed by atoms with Crippen LogP contribution in [0, 0.1) is 0 Å².